The maximum Gasteiger partial charge on any atom is 0.288 e. The molecular formula is C20H17NO5. The summed E-state index contributed by atoms with van der Waals surface area (Å²) in [6.07, 6.45) is 0. The number of hydrogen-bond donors (Lipinski definition) is 1. The van der Waals surface area contributed by atoms with Crippen molar-refractivity contribution >= 4 is 16.9 Å². The second-order valence-corrected chi connectivity index (χ2v) is 6.19. The number of hydrogen-bond acceptors (Lipinski definition) is 5. The molecule has 6 nitrogen and oxygen atoms in total. The van der Waals surface area contributed by atoms with Crippen LogP contribution in [-0.4, -0.2) is 20.1 Å². The molecule has 0 fully saturated rings. The van der Waals surface area contributed by atoms with E-state index < -0.39 is 11.9 Å². The van der Waals surface area contributed by atoms with E-state index in [0.29, 0.717) is 33.6 Å². The van der Waals surface area contributed by atoms with Gasteiger partial charge in [-0.05, 0) is 36.8 Å². The Morgan fingerprint density at radius 2 is 1.77 bits per heavy atom. The minimum Gasteiger partial charge on any atom is -0.493 e. The van der Waals surface area contributed by atoms with Gasteiger partial charge in [0.15, 0.2) is 16.9 Å². The SMILES string of the molecule is COc1ccc(C2NC(=O)c3oc4ccc(C)cc4c(=O)c32)cc1OC. The highest BCUT2D eigenvalue weighted by Crippen LogP contribution is 2.35. The first-order chi connectivity index (χ1) is 12.5. The van der Waals surface area contributed by atoms with E-state index in [0.717, 1.165) is 5.56 Å². The molecule has 1 aliphatic rings. The van der Waals surface area contributed by atoms with Crippen molar-refractivity contribution in [1.29, 1.82) is 0 Å². The van der Waals surface area contributed by atoms with E-state index in [1.54, 1.807) is 37.4 Å². The monoisotopic (exact) mass is 351 g/mol. The normalized spacial score (nSPS) is 15.7. The van der Waals surface area contributed by atoms with E-state index in [2.05, 4.69) is 5.32 Å². The van der Waals surface area contributed by atoms with Crippen molar-refractivity contribution in [3.8, 4) is 11.5 Å². The third kappa shape index (κ3) is 2.34. The largest absolute Gasteiger partial charge is 0.493 e. The first kappa shape index (κ1) is 16.2. The highest BCUT2D eigenvalue weighted by atomic mass is 16.5. The lowest BCUT2D eigenvalue weighted by atomic mass is 9.98. The Labute approximate surface area is 149 Å². The van der Waals surface area contributed by atoms with Gasteiger partial charge in [-0.3, -0.25) is 9.59 Å². The van der Waals surface area contributed by atoms with Crippen LogP contribution in [0.2, 0.25) is 0 Å². The Hall–Kier alpha value is -3.28. The van der Waals surface area contributed by atoms with E-state index in [9.17, 15) is 9.59 Å². The summed E-state index contributed by atoms with van der Waals surface area (Å²) >= 11 is 0. The van der Waals surface area contributed by atoms with Crippen LogP contribution in [-0.2, 0) is 0 Å². The van der Waals surface area contributed by atoms with Crippen molar-refractivity contribution in [1.82, 2.24) is 5.32 Å². The third-order valence-electron chi connectivity index (χ3n) is 4.59. The highest BCUT2D eigenvalue weighted by Gasteiger charge is 2.36. The molecule has 0 bridgehead atoms. The molecule has 1 amide bonds. The zero-order valence-corrected chi connectivity index (χ0v) is 14.6. The van der Waals surface area contributed by atoms with Crippen LogP contribution >= 0.6 is 0 Å². The molecule has 0 saturated carbocycles. The summed E-state index contributed by atoms with van der Waals surface area (Å²) in [7, 11) is 3.08. The maximum atomic E-state index is 13.1. The van der Waals surface area contributed by atoms with Gasteiger partial charge in [-0.1, -0.05) is 17.7 Å². The molecule has 132 valence electrons. The smallest absolute Gasteiger partial charge is 0.288 e. The second-order valence-electron chi connectivity index (χ2n) is 6.19. The van der Waals surface area contributed by atoms with E-state index in [4.69, 9.17) is 13.9 Å². The van der Waals surface area contributed by atoms with Gasteiger partial charge in [0.2, 0.25) is 5.76 Å². The van der Waals surface area contributed by atoms with Gasteiger partial charge >= 0.3 is 0 Å². The number of ether oxygens (including phenoxy) is 2. The fourth-order valence-electron chi connectivity index (χ4n) is 3.31. The average molecular weight is 351 g/mol. The van der Waals surface area contributed by atoms with Gasteiger partial charge in [0.05, 0.1) is 31.2 Å². The van der Waals surface area contributed by atoms with Crippen molar-refractivity contribution in [2.75, 3.05) is 14.2 Å². The molecule has 3 aromatic rings. The Kier molecular flexibility index (Phi) is 3.68. The standard InChI is InChI=1S/C20H17NO5/c1-10-4-6-13-12(8-10)18(22)16-17(21-20(23)19(16)26-13)11-5-7-14(24-2)15(9-11)25-3/h4-9,17H,1-3H3,(H,21,23). The molecule has 0 saturated heterocycles. The first-order valence-electron chi connectivity index (χ1n) is 8.13. The van der Waals surface area contributed by atoms with Gasteiger partial charge in [-0.2, -0.15) is 0 Å². The summed E-state index contributed by atoms with van der Waals surface area (Å²) in [6, 6.07) is 10.0. The summed E-state index contributed by atoms with van der Waals surface area (Å²) in [6.45, 7) is 1.90. The topological polar surface area (TPSA) is 77.8 Å². The Morgan fingerprint density at radius 3 is 2.50 bits per heavy atom. The molecule has 1 N–H and O–H groups in total. The fourth-order valence-corrected chi connectivity index (χ4v) is 3.31. The van der Waals surface area contributed by atoms with E-state index in [1.807, 2.05) is 13.0 Å². The zero-order chi connectivity index (χ0) is 18.4. The molecule has 2 heterocycles. The molecule has 4 rings (SSSR count). The lowest BCUT2D eigenvalue weighted by molar-refractivity contribution is 0.0938. The van der Waals surface area contributed by atoms with Crippen LogP contribution in [0.15, 0.2) is 45.6 Å². The Bertz CT molecular complexity index is 1100. The maximum absolute atomic E-state index is 13.1. The number of benzene rings is 2. The molecular weight excluding hydrogens is 334 g/mol. The van der Waals surface area contributed by atoms with Crippen LogP contribution < -0.4 is 20.2 Å². The predicted molar refractivity (Wildman–Crippen MR) is 96.1 cm³/mol. The molecule has 6 heteroatoms. The molecule has 2 aromatic carbocycles. The van der Waals surface area contributed by atoms with Crippen LogP contribution in [0, 0.1) is 6.92 Å². The van der Waals surface area contributed by atoms with Gasteiger partial charge < -0.3 is 19.2 Å². The third-order valence-corrected chi connectivity index (χ3v) is 4.59. The van der Waals surface area contributed by atoms with Crippen LogP contribution in [0.25, 0.3) is 11.0 Å². The molecule has 0 radical (unpaired) electrons. The number of rotatable bonds is 3. The van der Waals surface area contributed by atoms with Crippen LogP contribution in [0.1, 0.15) is 33.3 Å². The second kappa shape index (κ2) is 5.91. The molecule has 0 aliphatic carbocycles. The summed E-state index contributed by atoms with van der Waals surface area (Å²) in [5, 5.41) is 3.29. The summed E-state index contributed by atoms with van der Waals surface area (Å²) < 4.78 is 16.3. The molecule has 1 aromatic heterocycles. The van der Waals surface area contributed by atoms with E-state index >= 15 is 0 Å². The van der Waals surface area contributed by atoms with Crippen molar-refractivity contribution in [3.05, 3.63) is 69.1 Å². The number of nitrogens with one attached hydrogen (secondary N) is 1. The predicted octanol–water partition coefficient (Wildman–Crippen LogP) is 2.95. The van der Waals surface area contributed by atoms with Crippen molar-refractivity contribution < 1.29 is 18.7 Å². The average Bonchev–Trinajstić information content (AvgIpc) is 2.99. The van der Waals surface area contributed by atoms with Crippen LogP contribution in [0.3, 0.4) is 0 Å². The lowest BCUT2D eigenvalue weighted by Crippen LogP contribution is -2.22. The summed E-state index contributed by atoms with van der Waals surface area (Å²) in [4.78, 5) is 25.5. The van der Waals surface area contributed by atoms with Crippen molar-refractivity contribution in [2.45, 2.75) is 13.0 Å². The van der Waals surface area contributed by atoms with Crippen molar-refractivity contribution in [2.24, 2.45) is 0 Å². The number of carbonyl (C=O) groups excluding carboxylic acids is 1. The summed E-state index contributed by atoms with van der Waals surface area (Å²) in [5.41, 5.74) is 2.18. The molecule has 1 atom stereocenters. The quantitative estimate of drug-likeness (QED) is 0.785. The van der Waals surface area contributed by atoms with Gasteiger partial charge in [0.25, 0.3) is 5.91 Å². The van der Waals surface area contributed by atoms with E-state index in [-0.39, 0.29) is 11.2 Å². The number of methoxy groups -OCH3 is 2. The molecule has 26 heavy (non-hydrogen) atoms. The number of amides is 1. The van der Waals surface area contributed by atoms with Crippen LogP contribution in [0.5, 0.6) is 11.5 Å². The zero-order valence-electron chi connectivity index (χ0n) is 14.6. The number of fused-ring (bicyclic) bond motifs is 2. The molecule has 1 aliphatic heterocycles. The van der Waals surface area contributed by atoms with Gasteiger partial charge in [-0.15, -0.1) is 0 Å². The van der Waals surface area contributed by atoms with Gasteiger partial charge in [0.1, 0.15) is 5.58 Å². The molecule has 0 spiro atoms. The highest BCUT2D eigenvalue weighted by molar-refractivity contribution is 5.99. The first-order valence-corrected chi connectivity index (χ1v) is 8.13. The Morgan fingerprint density at radius 1 is 1.00 bits per heavy atom. The minimum atomic E-state index is -0.599. The Balaban J connectivity index is 1.93. The number of aryl methyl sites for hydroxylation is 1. The van der Waals surface area contributed by atoms with Gasteiger partial charge in [0, 0.05) is 0 Å². The van der Waals surface area contributed by atoms with Gasteiger partial charge in [-0.25, -0.2) is 0 Å². The fraction of sp³-hybridized carbons (Fsp3) is 0.200. The number of carbonyl (C=O) groups is 1. The molecule has 1 unspecified atom stereocenters. The lowest BCUT2D eigenvalue weighted by Gasteiger charge is -2.14. The summed E-state index contributed by atoms with van der Waals surface area (Å²) in [5.74, 6) is 0.751. The van der Waals surface area contributed by atoms with Crippen molar-refractivity contribution in [3.63, 3.8) is 0 Å². The van der Waals surface area contributed by atoms with Crippen LogP contribution in [0.4, 0.5) is 0 Å². The van der Waals surface area contributed by atoms with E-state index in [1.165, 1.54) is 7.11 Å². The minimum absolute atomic E-state index is 0.0612.